The molecule has 0 aliphatic rings. The van der Waals surface area contributed by atoms with Gasteiger partial charge in [0.2, 0.25) is 0 Å². The van der Waals surface area contributed by atoms with Crippen LogP contribution in [0.2, 0.25) is 0 Å². The molecule has 36 heavy (non-hydrogen) atoms. The molecule has 3 aromatic carbocycles. The lowest BCUT2D eigenvalue weighted by Crippen LogP contribution is -2.46. The van der Waals surface area contributed by atoms with Crippen molar-refractivity contribution in [3.05, 3.63) is 130 Å². The van der Waals surface area contributed by atoms with Gasteiger partial charge in [-0.25, -0.2) is 0 Å². The van der Waals surface area contributed by atoms with Crippen molar-refractivity contribution in [3.63, 3.8) is 0 Å². The van der Waals surface area contributed by atoms with Crippen molar-refractivity contribution in [2.75, 3.05) is 6.61 Å². The molecule has 2 N–H and O–H groups in total. The molecule has 0 radical (unpaired) electrons. The predicted molar refractivity (Wildman–Crippen MR) is 141 cm³/mol. The molecule has 4 rings (SSSR count). The fourth-order valence-corrected chi connectivity index (χ4v) is 4.66. The summed E-state index contributed by atoms with van der Waals surface area (Å²) < 4.78 is 18.4. The van der Waals surface area contributed by atoms with E-state index in [-0.39, 0.29) is 19.8 Å². The third kappa shape index (κ3) is 7.83. The van der Waals surface area contributed by atoms with Crippen LogP contribution in [0.5, 0.6) is 0 Å². The maximum Gasteiger partial charge on any atom is 0.118 e. The standard InChI is InChI=1S/C30H32O5S/c31-26(22-33-19-23-11-4-1-5-12-23)29(34-20-24-13-6-2-7-14-24)30(28(32)27-17-10-18-36-27)35-21-25-15-8-3-9-16-25/h1-18,26,28-32H,19-22H2/t26-,28?,29-,30+/m1/s1. The van der Waals surface area contributed by atoms with Crippen LogP contribution in [0.1, 0.15) is 27.7 Å². The number of hydrogen-bond donors (Lipinski definition) is 2. The highest BCUT2D eigenvalue weighted by molar-refractivity contribution is 7.10. The highest BCUT2D eigenvalue weighted by Crippen LogP contribution is 2.29. The summed E-state index contributed by atoms with van der Waals surface area (Å²) in [7, 11) is 0. The molecular weight excluding hydrogens is 472 g/mol. The maximum atomic E-state index is 11.3. The zero-order chi connectivity index (χ0) is 25.0. The zero-order valence-corrected chi connectivity index (χ0v) is 20.9. The van der Waals surface area contributed by atoms with E-state index in [1.165, 1.54) is 11.3 Å². The Kier molecular flexibility index (Phi) is 10.2. The molecule has 1 unspecified atom stereocenters. The van der Waals surface area contributed by atoms with Crippen molar-refractivity contribution in [2.45, 2.75) is 44.2 Å². The molecule has 0 amide bonds. The Morgan fingerprint density at radius 3 is 1.58 bits per heavy atom. The topological polar surface area (TPSA) is 68.2 Å². The summed E-state index contributed by atoms with van der Waals surface area (Å²) >= 11 is 1.44. The molecule has 5 nitrogen and oxygen atoms in total. The fraction of sp³-hybridized carbons (Fsp3) is 0.267. The second kappa shape index (κ2) is 14.0. The fourth-order valence-electron chi connectivity index (χ4n) is 3.91. The quantitative estimate of drug-likeness (QED) is 0.236. The lowest BCUT2D eigenvalue weighted by Gasteiger charge is -2.33. The molecule has 4 aromatic rings. The Bertz CT molecular complexity index is 1110. The lowest BCUT2D eigenvalue weighted by molar-refractivity contribution is -0.176. The maximum absolute atomic E-state index is 11.3. The van der Waals surface area contributed by atoms with E-state index in [1.807, 2.05) is 109 Å². The zero-order valence-electron chi connectivity index (χ0n) is 20.1. The number of benzene rings is 3. The average molecular weight is 505 g/mol. The minimum atomic E-state index is -1.02. The summed E-state index contributed by atoms with van der Waals surface area (Å²) in [6.45, 7) is 0.948. The van der Waals surface area contributed by atoms with Crippen LogP contribution < -0.4 is 0 Å². The summed E-state index contributed by atoms with van der Waals surface area (Å²) in [6, 6.07) is 33.1. The van der Waals surface area contributed by atoms with Crippen molar-refractivity contribution in [1.82, 2.24) is 0 Å². The van der Waals surface area contributed by atoms with Gasteiger partial charge in [0.05, 0.1) is 26.4 Å². The molecular formula is C30H32O5S. The van der Waals surface area contributed by atoms with Crippen molar-refractivity contribution in [2.24, 2.45) is 0 Å². The molecule has 0 aliphatic carbocycles. The first-order valence-electron chi connectivity index (χ1n) is 12.0. The van der Waals surface area contributed by atoms with Crippen LogP contribution in [-0.4, -0.2) is 35.1 Å². The first-order chi connectivity index (χ1) is 17.7. The van der Waals surface area contributed by atoms with Gasteiger partial charge in [0.1, 0.15) is 24.4 Å². The van der Waals surface area contributed by atoms with Gasteiger partial charge in [-0.2, -0.15) is 0 Å². The van der Waals surface area contributed by atoms with Gasteiger partial charge in [-0.3, -0.25) is 0 Å². The first kappa shape index (κ1) is 26.2. The van der Waals surface area contributed by atoms with Crippen LogP contribution in [0.4, 0.5) is 0 Å². The van der Waals surface area contributed by atoms with Crippen LogP contribution in [0.15, 0.2) is 109 Å². The Hall–Kier alpha value is -2.84. The number of rotatable bonds is 14. The van der Waals surface area contributed by atoms with E-state index in [0.717, 1.165) is 21.6 Å². The van der Waals surface area contributed by atoms with Crippen LogP contribution in [0, 0.1) is 0 Å². The number of aliphatic hydroxyl groups excluding tert-OH is 2. The summed E-state index contributed by atoms with van der Waals surface area (Å²) in [5.41, 5.74) is 2.95. The van der Waals surface area contributed by atoms with Crippen molar-refractivity contribution < 1.29 is 24.4 Å². The monoisotopic (exact) mass is 504 g/mol. The van der Waals surface area contributed by atoms with Crippen LogP contribution in [-0.2, 0) is 34.0 Å². The molecule has 0 saturated carbocycles. The van der Waals surface area contributed by atoms with Gasteiger partial charge >= 0.3 is 0 Å². The third-order valence-electron chi connectivity index (χ3n) is 5.82. The lowest BCUT2D eigenvalue weighted by atomic mass is 10.0. The normalized spacial score (nSPS) is 14.7. The Morgan fingerprint density at radius 1 is 0.583 bits per heavy atom. The second-order valence-corrected chi connectivity index (χ2v) is 9.53. The smallest absolute Gasteiger partial charge is 0.118 e. The molecule has 1 heterocycles. The Morgan fingerprint density at radius 2 is 1.08 bits per heavy atom. The summed E-state index contributed by atoms with van der Waals surface area (Å²) in [6.07, 6.45) is -3.64. The van der Waals surface area contributed by atoms with Crippen molar-refractivity contribution >= 4 is 11.3 Å². The van der Waals surface area contributed by atoms with Crippen LogP contribution in [0.3, 0.4) is 0 Å². The van der Waals surface area contributed by atoms with Gasteiger partial charge in [-0.05, 0) is 28.1 Å². The van der Waals surface area contributed by atoms with Gasteiger partial charge in [-0.15, -0.1) is 11.3 Å². The molecule has 188 valence electrons. The van der Waals surface area contributed by atoms with Crippen molar-refractivity contribution in [3.8, 4) is 0 Å². The van der Waals surface area contributed by atoms with E-state index >= 15 is 0 Å². The van der Waals surface area contributed by atoms with E-state index in [4.69, 9.17) is 14.2 Å². The first-order valence-corrected chi connectivity index (χ1v) is 12.9. The van der Waals surface area contributed by atoms with Gasteiger partial charge in [-0.1, -0.05) is 97.1 Å². The number of hydrogen-bond acceptors (Lipinski definition) is 6. The van der Waals surface area contributed by atoms with Crippen LogP contribution >= 0.6 is 11.3 Å². The van der Waals surface area contributed by atoms with Crippen LogP contribution in [0.25, 0.3) is 0 Å². The number of ether oxygens (including phenoxy) is 3. The predicted octanol–water partition coefficient (Wildman–Crippen LogP) is 5.53. The molecule has 0 saturated heterocycles. The van der Waals surface area contributed by atoms with E-state index in [9.17, 15) is 10.2 Å². The van der Waals surface area contributed by atoms with Gasteiger partial charge in [0.15, 0.2) is 0 Å². The van der Waals surface area contributed by atoms with E-state index in [1.54, 1.807) is 0 Å². The highest BCUT2D eigenvalue weighted by atomic mass is 32.1. The minimum Gasteiger partial charge on any atom is -0.388 e. The molecule has 0 fully saturated rings. The van der Waals surface area contributed by atoms with Gasteiger partial charge in [0, 0.05) is 4.88 Å². The van der Waals surface area contributed by atoms with E-state index in [0.29, 0.717) is 6.61 Å². The second-order valence-electron chi connectivity index (χ2n) is 8.55. The average Bonchev–Trinajstić information content (AvgIpc) is 3.47. The number of aliphatic hydroxyl groups is 2. The summed E-state index contributed by atoms with van der Waals surface area (Å²) in [5.74, 6) is 0. The molecule has 0 aliphatic heterocycles. The highest BCUT2D eigenvalue weighted by Gasteiger charge is 2.37. The SMILES string of the molecule is OC(c1cccs1)[C@H](OCc1ccccc1)[C@H](OCc1ccccc1)[C@H](O)COCc1ccccc1. The molecule has 0 spiro atoms. The van der Waals surface area contributed by atoms with Gasteiger partial charge in [0.25, 0.3) is 0 Å². The largest absolute Gasteiger partial charge is 0.388 e. The molecule has 6 heteroatoms. The summed E-state index contributed by atoms with van der Waals surface area (Å²) in [5, 5.41) is 24.5. The Labute approximate surface area is 216 Å². The van der Waals surface area contributed by atoms with E-state index in [2.05, 4.69) is 0 Å². The molecule has 1 aromatic heterocycles. The molecule has 4 atom stereocenters. The molecule has 0 bridgehead atoms. The third-order valence-corrected chi connectivity index (χ3v) is 6.76. The number of thiophene rings is 1. The summed E-state index contributed by atoms with van der Waals surface area (Å²) in [4.78, 5) is 0.749. The van der Waals surface area contributed by atoms with Crippen molar-refractivity contribution in [1.29, 1.82) is 0 Å². The minimum absolute atomic E-state index is 0.0384. The Balaban J connectivity index is 1.52. The van der Waals surface area contributed by atoms with E-state index < -0.39 is 24.4 Å². The van der Waals surface area contributed by atoms with Gasteiger partial charge < -0.3 is 24.4 Å².